The molecule has 0 radical (unpaired) electrons. The summed E-state index contributed by atoms with van der Waals surface area (Å²) >= 11 is 0. The van der Waals surface area contributed by atoms with Gasteiger partial charge in [0.1, 0.15) is 6.61 Å². The van der Waals surface area contributed by atoms with Gasteiger partial charge in [0.05, 0.1) is 12.1 Å². The van der Waals surface area contributed by atoms with Crippen LogP contribution in [0.5, 0.6) is 0 Å². The van der Waals surface area contributed by atoms with Crippen LogP contribution >= 0.6 is 0 Å². The maximum absolute atomic E-state index is 11.1. The Hall–Kier alpha value is -0.810. The fourth-order valence-electron chi connectivity index (χ4n) is 1.66. The number of hydrogen-bond donors (Lipinski definition) is 1. The van der Waals surface area contributed by atoms with E-state index in [9.17, 15) is 9.90 Å². The number of hydrogen-bond acceptors (Lipinski definition) is 4. The molecule has 88 valence electrons. The number of carbonyl (C=O) groups excluding carboxylic acids is 1. The fraction of sp³-hybridized carbons (Fsp3) is 0.900. The first-order valence-corrected chi connectivity index (χ1v) is 5.21. The van der Waals surface area contributed by atoms with Gasteiger partial charge in [0.2, 0.25) is 0 Å². The van der Waals surface area contributed by atoms with E-state index in [0.29, 0.717) is 26.2 Å². The van der Waals surface area contributed by atoms with E-state index >= 15 is 0 Å². The number of ether oxygens (including phenoxy) is 1. The van der Waals surface area contributed by atoms with Gasteiger partial charge in [0.25, 0.3) is 0 Å². The largest absolute Gasteiger partial charge is 0.448 e. The highest BCUT2D eigenvalue weighted by Gasteiger charge is 2.22. The lowest BCUT2D eigenvalue weighted by Crippen LogP contribution is -2.40. The Labute approximate surface area is 90.6 Å². The Morgan fingerprint density at radius 1 is 1.60 bits per heavy atom. The number of amides is 1. The van der Waals surface area contributed by atoms with Gasteiger partial charge in [0, 0.05) is 19.6 Å². The second-order valence-corrected chi connectivity index (χ2v) is 4.65. The minimum Gasteiger partial charge on any atom is -0.448 e. The Bertz CT molecular complexity index is 225. The number of carbonyl (C=O) groups is 1. The number of aliphatic hydroxyl groups is 1. The van der Waals surface area contributed by atoms with Crippen LogP contribution in [0, 0.1) is 0 Å². The molecule has 0 atom stereocenters. The van der Waals surface area contributed by atoms with E-state index in [0.717, 1.165) is 6.54 Å². The summed E-state index contributed by atoms with van der Waals surface area (Å²) in [5.41, 5.74) is -0.694. The number of rotatable bonds is 5. The van der Waals surface area contributed by atoms with Crippen molar-refractivity contribution in [1.29, 1.82) is 0 Å². The smallest absolute Gasteiger partial charge is 0.409 e. The lowest BCUT2D eigenvalue weighted by atomic mass is 10.1. The van der Waals surface area contributed by atoms with Crippen LogP contribution in [0.2, 0.25) is 0 Å². The zero-order valence-electron chi connectivity index (χ0n) is 9.69. The third-order valence-electron chi connectivity index (χ3n) is 2.25. The van der Waals surface area contributed by atoms with Gasteiger partial charge in [-0.05, 0) is 20.9 Å². The van der Waals surface area contributed by atoms with Gasteiger partial charge >= 0.3 is 6.09 Å². The summed E-state index contributed by atoms with van der Waals surface area (Å²) in [5.74, 6) is 0. The minimum atomic E-state index is -0.694. The van der Waals surface area contributed by atoms with Gasteiger partial charge in [-0.1, -0.05) is 0 Å². The van der Waals surface area contributed by atoms with Crippen molar-refractivity contribution in [2.45, 2.75) is 19.4 Å². The van der Waals surface area contributed by atoms with Crippen molar-refractivity contribution in [1.82, 2.24) is 9.80 Å². The predicted molar refractivity (Wildman–Crippen MR) is 56.7 cm³/mol. The van der Waals surface area contributed by atoms with Crippen LogP contribution in [-0.4, -0.2) is 66.4 Å². The van der Waals surface area contributed by atoms with Crippen LogP contribution in [0.3, 0.4) is 0 Å². The summed E-state index contributed by atoms with van der Waals surface area (Å²) in [4.78, 5) is 14.8. The van der Waals surface area contributed by atoms with Gasteiger partial charge in [-0.2, -0.15) is 0 Å². The highest BCUT2D eigenvalue weighted by Crippen LogP contribution is 2.05. The topological polar surface area (TPSA) is 53.0 Å². The van der Waals surface area contributed by atoms with Crippen molar-refractivity contribution in [3.05, 3.63) is 0 Å². The molecule has 5 nitrogen and oxygen atoms in total. The molecular formula is C10H20N2O3. The Morgan fingerprint density at radius 2 is 2.27 bits per heavy atom. The van der Waals surface area contributed by atoms with Crippen molar-refractivity contribution >= 4 is 6.09 Å². The molecule has 1 rings (SSSR count). The van der Waals surface area contributed by atoms with Gasteiger partial charge in [-0.15, -0.1) is 0 Å². The van der Waals surface area contributed by atoms with Crippen LogP contribution in [0.4, 0.5) is 4.79 Å². The molecule has 0 aromatic carbocycles. The molecule has 0 aromatic rings. The number of likely N-dealkylation sites (N-methyl/N-ethyl adjacent to an activating group) is 1. The quantitative estimate of drug-likeness (QED) is 0.710. The molecule has 1 aliphatic heterocycles. The van der Waals surface area contributed by atoms with Crippen LogP contribution < -0.4 is 0 Å². The first-order chi connectivity index (χ1) is 6.88. The van der Waals surface area contributed by atoms with E-state index < -0.39 is 5.60 Å². The zero-order valence-corrected chi connectivity index (χ0v) is 9.69. The normalized spacial score (nSPS) is 17.4. The molecule has 5 heteroatoms. The zero-order chi connectivity index (χ0) is 11.5. The van der Waals surface area contributed by atoms with Crippen molar-refractivity contribution < 1.29 is 14.6 Å². The summed E-state index contributed by atoms with van der Waals surface area (Å²) in [6.07, 6.45) is -0.230. The third kappa shape index (κ3) is 4.48. The molecule has 1 heterocycles. The molecule has 0 unspecified atom stereocenters. The molecule has 1 amide bonds. The highest BCUT2D eigenvalue weighted by atomic mass is 16.6. The van der Waals surface area contributed by atoms with E-state index in [4.69, 9.17) is 4.74 Å². The van der Waals surface area contributed by atoms with E-state index in [1.165, 1.54) is 0 Å². The molecule has 0 aliphatic carbocycles. The SMILES string of the molecule is CN(CCN1CCOC1=O)CC(C)(C)O. The van der Waals surface area contributed by atoms with Crippen molar-refractivity contribution in [3.63, 3.8) is 0 Å². The first kappa shape index (κ1) is 12.3. The molecule has 0 aromatic heterocycles. The van der Waals surface area contributed by atoms with E-state index in [1.54, 1.807) is 18.7 Å². The molecular weight excluding hydrogens is 196 g/mol. The number of cyclic esters (lactones) is 1. The summed E-state index contributed by atoms with van der Waals surface area (Å²) in [6.45, 7) is 6.71. The number of nitrogens with zero attached hydrogens (tertiary/aromatic N) is 2. The third-order valence-corrected chi connectivity index (χ3v) is 2.25. The molecule has 1 aliphatic rings. The average Bonchev–Trinajstić information content (AvgIpc) is 2.44. The van der Waals surface area contributed by atoms with Crippen molar-refractivity contribution in [2.75, 3.05) is 39.8 Å². The Balaban J connectivity index is 2.22. The molecule has 0 saturated carbocycles. The molecule has 15 heavy (non-hydrogen) atoms. The maximum Gasteiger partial charge on any atom is 0.409 e. The summed E-state index contributed by atoms with van der Waals surface area (Å²) < 4.78 is 4.82. The Kier molecular flexibility index (Phi) is 3.93. The fourth-order valence-corrected chi connectivity index (χ4v) is 1.66. The van der Waals surface area contributed by atoms with Crippen molar-refractivity contribution in [3.8, 4) is 0 Å². The summed E-state index contributed by atoms with van der Waals surface area (Å²) in [7, 11) is 1.93. The van der Waals surface area contributed by atoms with E-state index in [1.807, 2.05) is 11.9 Å². The maximum atomic E-state index is 11.1. The average molecular weight is 216 g/mol. The van der Waals surface area contributed by atoms with E-state index in [2.05, 4.69) is 0 Å². The minimum absolute atomic E-state index is 0.230. The standard InChI is InChI=1S/C10H20N2O3/c1-10(2,14)8-11(3)4-5-12-6-7-15-9(12)13/h14H,4-8H2,1-3H3. The van der Waals surface area contributed by atoms with Crippen LogP contribution in [-0.2, 0) is 4.74 Å². The molecule has 1 fully saturated rings. The van der Waals surface area contributed by atoms with Crippen LogP contribution in [0.1, 0.15) is 13.8 Å². The van der Waals surface area contributed by atoms with Gasteiger partial charge in [0.15, 0.2) is 0 Å². The summed E-state index contributed by atoms with van der Waals surface area (Å²) in [6, 6.07) is 0. The van der Waals surface area contributed by atoms with Crippen LogP contribution in [0.15, 0.2) is 0 Å². The summed E-state index contributed by atoms with van der Waals surface area (Å²) in [5, 5.41) is 9.59. The van der Waals surface area contributed by atoms with Crippen molar-refractivity contribution in [2.24, 2.45) is 0 Å². The lowest BCUT2D eigenvalue weighted by molar-refractivity contribution is 0.0431. The molecule has 1 N–H and O–H groups in total. The monoisotopic (exact) mass is 216 g/mol. The van der Waals surface area contributed by atoms with Crippen LogP contribution in [0.25, 0.3) is 0 Å². The lowest BCUT2D eigenvalue weighted by Gasteiger charge is -2.26. The van der Waals surface area contributed by atoms with Gasteiger partial charge in [-0.3, -0.25) is 0 Å². The predicted octanol–water partition coefficient (Wildman–Crippen LogP) is 0.141. The molecule has 0 spiro atoms. The Morgan fingerprint density at radius 3 is 2.73 bits per heavy atom. The molecule has 1 saturated heterocycles. The highest BCUT2D eigenvalue weighted by molar-refractivity contribution is 5.69. The first-order valence-electron chi connectivity index (χ1n) is 5.21. The molecule has 0 bridgehead atoms. The van der Waals surface area contributed by atoms with Gasteiger partial charge in [-0.25, -0.2) is 4.79 Å². The van der Waals surface area contributed by atoms with Gasteiger partial charge < -0.3 is 19.6 Å². The second kappa shape index (κ2) is 4.81. The van der Waals surface area contributed by atoms with E-state index in [-0.39, 0.29) is 6.09 Å². The second-order valence-electron chi connectivity index (χ2n) is 4.65.